The predicted molar refractivity (Wildman–Crippen MR) is 281 cm³/mol. The summed E-state index contributed by atoms with van der Waals surface area (Å²) in [7, 11) is 0. The summed E-state index contributed by atoms with van der Waals surface area (Å²) in [5.41, 5.74) is 16.4. The summed E-state index contributed by atoms with van der Waals surface area (Å²) in [6.07, 6.45) is 29.4. The van der Waals surface area contributed by atoms with Crippen LogP contribution in [0.3, 0.4) is 0 Å². The molecule has 0 atom stereocenters. The average molecular weight is 839 g/mol. The maximum Gasteiger partial charge on any atom is 0.0707 e. The minimum Gasteiger partial charge on any atom is -0.0991 e. The Morgan fingerprint density at radius 2 is 1.05 bits per heavy atom. The van der Waals surface area contributed by atoms with Gasteiger partial charge < -0.3 is 0 Å². The van der Waals surface area contributed by atoms with Gasteiger partial charge in [-0.3, -0.25) is 0 Å². The van der Waals surface area contributed by atoms with Crippen LogP contribution in [0.2, 0.25) is 0 Å². The van der Waals surface area contributed by atoms with Crippen LogP contribution in [0.1, 0.15) is 89.2 Å². The molecule has 7 aromatic carbocycles. The van der Waals surface area contributed by atoms with E-state index in [1.807, 2.05) is 18.2 Å². The molecule has 0 radical (unpaired) electrons. The van der Waals surface area contributed by atoms with E-state index in [9.17, 15) is 0 Å². The molecule has 0 nitrogen and oxygen atoms in total. The molecule has 0 fully saturated rings. The third kappa shape index (κ3) is 8.99. The SMILES string of the molecule is C=C/C=C\C=C/c1ccc(/C(=C/C=C\C=C(/C=C/C=C/CC)c2ccc(-c3ccccc3)c(C3(C)c4ccccc4C(c4ccccc4)(c4ccccc4)c4ccccc43)c2)CC)cc1. The van der Waals surface area contributed by atoms with E-state index in [2.05, 4.69) is 264 Å². The Hall–Kier alpha value is -7.54. The van der Waals surface area contributed by atoms with Gasteiger partial charge in [0, 0.05) is 5.41 Å². The van der Waals surface area contributed by atoms with Crippen LogP contribution >= 0.6 is 0 Å². The largest absolute Gasteiger partial charge is 0.0991 e. The highest BCUT2D eigenvalue weighted by molar-refractivity contribution is 5.83. The Morgan fingerprint density at radius 1 is 0.492 bits per heavy atom. The summed E-state index contributed by atoms with van der Waals surface area (Å²) >= 11 is 0. The van der Waals surface area contributed by atoms with Crippen LogP contribution in [0.5, 0.6) is 0 Å². The van der Waals surface area contributed by atoms with Gasteiger partial charge in [-0.15, -0.1) is 0 Å². The smallest absolute Gasteiger partial charge is 0.0707 e. The third-order valence-electron chi connectivity index (χ3n) is 12.9. The first-order valence-corrected chi connectivity index (χ1v) is 23.0. The standard InChI is InChI=1S/C65H58/c1-5-8-10-15-29-50-43-45-53(46-44-50)51(7-3)30-23-24-32-52(31-16-11-9-6-2)55-47-48-58(54-33-17-12-18-34-54)63(49-55)64(4)59-39-25-27-41-61(59)65(56-35-19-13-20-36-56,57-37-21-14-22-38-57)62-42-28-26-40-60(62)64/h5,8-49H,1,6-7H2,2-4H3/b10-8-,11-9+,24-23-,29-15-,31-16+,51-30+,52-32+. The Kier molecular flexibility index (Phi) is 14.1. The summed E-state index contributed by atoms with van der Waals surface area (Å²) in [5.74, 6) is 0. The van der Waals surface area contributed by atoms with Crippen molar-refractivity contribution in [2.24, 2.45) is 0 Å². The number of rotatable bonds is 15. The van der Waals surface area contributed by atoms with E-state index < -0.39 is 10.8 Å². The van der Waals surface area contributed by atoms with E-state index in [4.69, 9.17) is 0 Å². The molecular formula is C65H58. The van der Waals surface area contributed by atoms with Gasteiger partial charge in [-0.05, 0) is 104 Å². The van der Waals surface area contributed by atoms with Gasteiger partial charge in [0.1, 0.15) is 0 Å². The lowest BCUT2D eigenvalue weighted by Crippen LogP contribution is -2.43. The lowest BCUT2D eigenvalue weighted by molar-refractivity contribution is 0.590. The summed E-state index contributed by atoms with van der Waals surface area (Å²) in [4.78, 5) is 0. The number of allylic oxidation sites excluding steroid dienone is 14. The quantitative estimate of drug-likeness (QED) is 0.0903. The van der Waals surface area contributed by atoms with Crippen molar-refractivity contribution in [3.05, 3.63) is 317 Å². The van der Waals surface area contributed by atoms with Gasteiger partial charge in [-0.2, -0.15) is 0 Å². The molecule has 7 aromatic rings. The van der Waals surface area contributed by atoms with Crippen LogP contribution in [-0.4, -0.2) is 0 Å². The molecule has 1 aliphatic rings. The average Bonchev–Trinajstić information content (AvgIpc) is 3.37. The fourth-order valence-corrected chi connectivity index (χ4v) is 9.73. The number of fused-ring (bicyclic) bond motifs is 2. The molecule has 0 spiro atoms. The Balaban J connectivity index is 1.30. The van der Waals surface area contributed by atoms with E-state index in [-0.39, 0.29) is 0 Å². The Labute approximate surface area is 388 Å². The molecule has 0 heteroatoms. The molecular weight excluding hydrogens is 781 g/mol. The van der Waals surface area contributed by atoms with Gasteiger partial charge in [0.25, 0.3) is 0 Å². The minimum absolute atomic E-state index is 0.527. The van der Waals surface area contributed by atoms with Crippen LogP contribution in [0.15, 0.2) is 261 Å². The molecule has 0 amide bonds. The molecule has 0 heterocycles. The number of hydrogen-bond acceptors (Lipinski definition) is 0. The van der Waals surface area contributed by atoms with E-state index in [0.29, 0.717) is 0 Å². The van der Waals surface area contributed by atoms with Crippen molar-refractivity contribution >= 4 is 17.2 Å². The normalized spacial score (nSPS) is 14.7. The lowest BCUT2D eigenvalue weighted by atomic mass is 9.52. The van der Waals surface area contributed by atoms with Crippen molar-refractivity contribution in [2.75, 3.05) is 0 Å². The summed E-state index contributed by atoms with van der Waals surface area (Å²) < 4.78 is 0. The van der Waals surface area contributed by atoms with Crippen LogP contribution in [0.25, 0.3) is 28.3 Å². The molecule has 8 rings (SSSR count). The second kappa shape index (κ2) is 20.8. The maximum absolute atomic E-state index is 3.75. The molecule has 318 valence electrons. The van der Waals surface area contributed by atoms with Gasteiger partial charge >= 0.3 is 0 Å². The van der Waals surface area contributed by atoms with E-state index in [1.165, 1.54) is 66.8 Å². The molecule has 0 saturated carbocycles. The first-order chi connectivity index (χ1) is 32.0. The molecule has 0 aromatic heterocycles. The second-order valence-electron chi connectivity index (χ2n) is 16.7. The molecule has 0 saturated heterocycles. The Morgan fingerprint density at radius 3 is 1.63 bits per heavy atom. The van der Waals surface area contributed by atoms with Gasteiger partial charge in [0.15, 0.2) is 0 Å². The monoisotopic (exact) mass is 838 g/mol. The first kappa shape index (κ1) is 44.1. The highest BCUT2D eigenvalue weighted by Gasteiger charge is 2.51. The highest BCUT2D eigenvalue weighted by Crippen LogP contribution is 2.58. The topological polar surface area (TPSA) is 0 Å². The summed E-state index contributed by atoms with van der Waals surface area (Å²) in [6.45, 7) is 10.6. The van der Waals surface area contributed by atoms with Gasteiger partial charge in [-0.25, -0.2) is 0 Å². The highest BCUT2D eigenvalue weighted by atomic mass is 14.5. The minimum atomic E-state index is -0.531. The van der Waals surface area contributed by atoms with Crippen LogP contribution in [-0.2, 0) is 10.8 Å². The van der Waals surface area contributed by atoms with Crippen molar-refractivity contribution in [2.45, 2.75) is 44.4 Å². The van der Waals surface area contributed by atoms with Crippen LogP contribution < -0.4 is 0 Å². The number of benzene rings is 7. The molecule has 0 bridgehead atoms. The van der Waals surface area contributed by atoms with E-state index >= 15 is 0 Å². The predicted octanol–water partition coefficient (Wildman–Crippen LogP) is 17.1. The van der Waals surface area contributed by atoms with Gasteiger partial charge in [0.2, 0.25) is 0 Å². The van der Waals surface area contributed by atoms with E-state index in [1.54, 1.807) is 6.08 Å². The second-order valence-corrected chi connectivity index (χ2v) is 16.7. The molecule has 0 aliphatic heterocycles. The fraction of sp³-hybridized carbons (Fsp3) is 0.108. The molecule has 0 N–H and O–H groups in total. The van der Waals surface area contributed by atoms with Crippen molar-refractivity contribution in [1.82, 2.24) is 0 Å². The van der Waals surface area contributed by atoms with Gasteiger partial charge in [-0.1, -0.05) is 275 Å². The number of hydrogen-bond donors (Lipinski definition) is 0. The van der Waals surface area contributed by atoms with Crippen molar-refractivity contribution in [3.8, 4) is 11.1 Å². The van der Waals surface area contributed by atoms with Crippen molar-refractivity contribution in [1.29, 1.82) is 0 Å². The zero-order chi connectivity index (χ0) is 44.9. The third-order valence-corrected chi connectivity index (χ3v) is 12.9. The fourth-order valence-electron chi connectivity index (χ4n) is 9.73. The molecule has 0 unspecified atom stereocenters. The maximum atomic E-state index is 3.75. The van der Waals surface area contributed by atoms with E-state index in [0.717, 1.165) is 24.0 Å². The van der Waals surface area contributed by atoms with Gasteiger partial charge in [0.05, 0.1) is 5.41 Å². The van der Waals surface area contributed by atoms with Crippen LogP contribution in [0.4, 0.5) is 0 Å². The van der Waals surface area contributed by atoms with Crippen LogP contribution in [0, 0.1) is 0 Å². The summed E-state index contributed by atoms with van der Waals surface area (Å²) in [5, 5.41) is 0. The lowest BCUT2D eigenvalue weighted by Gasteiger charge is -2.49. The van der Waals surface area contributed by atoms with Crippen molar-refractivity contribution in [3.63, 3.8) is 0 Å². The zero-order valence-electron chi connectivity index (χ0n) is 37.9. The van der Waals surface area contributed by atoms with Crippen molar-refractivity contribution < 1.29 is 0 Å². The molecule has 65 heavy (non-hydrogen) atoms. The molecule has 1 aliphatic carbocycles. The Bertz CT molecular complexity index is 2840. The summed E-state index contributed by atoms with van der Waals surface area (Å²) in [6, 6.07) is 67.4. The zero-order valence-corrected chi connectivity index (χ0v) is 37.9. The first-order valence-electron chi connectivity index (χ1n) is 23.0.